The summed E-state index contributed by atoms with van der Waals surface area (Å²) in [6, 6.07) is 7.64. The first-order valence-corrected chi connectivity index (χ1v) is 8.01. The summed E-state index contributed by atoms with van der Waals surface area (Å²) in [5.74, 6) is 0.471. The van der Waals surface area contributed by atoms with E-state index < -0.39 is 5.41 Å². The van der Waals surface area contributed by atoms with Gasteiger partial charge in [0, 0.05) is 14.1 Å². The zero-order chi connectivity index (χ0) is 16.9. The molecule has 1 amide bonds. The minimum Gasteiger partial charge on any atom is -0.497 e. The summed E-state index contributed by atoms with van der Waals surface area (Å²) in [5, 5.41) is 0. The molecule has 0 unspecified atom stereocenters. The van der Waals surface area contributed by atoms with Crippen molar-refractivity contribution in [3.63, 3.8) is 0 Å². The van der Waals surface area contributed by atoms with Crippen LogP contribution in [0, 0.1) is 0 Å². The molecule has 23 heavy (non-hydrogen) atoms. The third-order valence-corrected chi connectivity index (χ3v) is 4.52. The first-order valence-electron chi connectivity index (χ1n) is 8.01. The number of esters is 1. The highest BCUT2D eigenvalue weighted by atomic mass is 16.5. The van der Waals surface area contributed by atoms with E-state index in [1.807, 2.05) is 24.3 Å². The van der Waals surface area contributed by atoms with E-state index in [2.05, 4.69) is 0 Å². The lowest BCUT2D eigenvalue weighted by Gasteiger charge is -2.27. The van der Waals surface area contributed by atoms with E-state index in [0.717, 1.165) is 37.0 Å². The molecule has 0 bridgehead atoms. The number of benzene rings is 1. The van der Waals surface area contributed by atoms with Crippen molar-refractivity contribution in [1.82, 2.24) is 4.90 Å². The van der Waals surface area contributed by atoms with Crippen LogP contribution in [0.4, 0.5) is 0 Å². The van der Waals surface area contributed by atoms with Gasteiger partial charge < -0.3 is 14.4 Å². The van der Waals surface area contributed by atoms with Gasteiger partial charge in [0.05, 0.1) is 18.9 Å². The molecule has 0 saturated heterocycles. The Balaban J connectivity index is 2.10. The van der Waals surface area contributed by atoms with E-state index in [1.165, 1.54) is 4.90 Å². The third kappa shape index (κ3) is 3.84. The molecule has 1 aliphatic carbocycles. The van der Waals surface area contributed by atoms with Crippen molar-refractivity contribution in [2.75, 3.05) is 27.8 Å². The lowest BCUT2D eigenvalue weighted by Crippen LogP contribution is -2.35. The first kappa shape index (κ1) is 17.3. The van der Waals surface area contributed by atoms with Gasteiger partial charge in [0.2, 0.25) is 5.91 Å². The molecule has 5 nitrogen and oxygen atoms in total. The highest BCUT2D eigenvalue weighted by Gasteiger charge is 2.44. The maximum atomic E-state index is 12.7. The fraction of sp³-hybridized carbons (Fsp3) is 0.556. The molecule has 1 aliphatic rings. The van der Waals surface area contributed by atoms with Crippen molar-refractivity contribution in [1.29, 1.82) is 0 Å². The Morgan fingerprint density at radius 1 is 1.22 bits per heavy atom. The average molecular weight is 319 g/mol. The summed E-state index contributed by atoms with van der Waals surface area (Å²) in [4.78, 5) is 25.8. The van der Waals surface area contributed by atoms with Gasteiger partial charge in [-0.25, -0.2) is 0 Å². The molecule has 0 spiro atoms. The van der Waals surface area contributed by atoms with Crippen LogP contribution in [0.2, 0.25) is 0 Å². The quantitative estimate of drug-likeness (QED) is 0.756. The Kier molecular flexibility index (Phi) is 5.64. The van der Waals surface area contributed by atoms with Crippen molar-refractivity contribution in [3.8, 4) is 5.75 Å². The van der Waals surface area contributed by atoms with Gasteiger partial charge in [0.1, 0.15) is 12.4 Å². The van der Waals surface area contributed by atoms with Crippen LogP contribution in [0.3, 0.4) is 0 Å². The van der Waals surface area contributed by atoms with Gasteiger partial charge in [-0.15, -0.1) is 0 Å². The summed E-state index contributed by atoms with van der Waals surface area (Å²) >= 11 is 0. The predicted octanol–water partition coefficient (Wildman–Crippen LogP) is 2.53. The van der Waals surface area contributed by atoms with Gasteiger partial charge in [0.25, 0.3) is 0 Å². The maximum Gasteiger partial charge on any atom is 0.316 e. The number of hydrogen-bond acceptors (Lipinski definition) is 4. The standard InChI is InChI=1S/C18H25NO4/c1-19(2)16(20)9-12-23-17(21)18(10-4-5-11-18)14-7-6-8-15(13-14)22-3/h6-8,13H,4-5,9-12H2,1-3H3. The second-order valence-corrected chi connectivity index (χ2v) is 6.20. The molecule has 1 fully saturated rings. The summed E-state index contributed by atoms with van der Waals surface area (Å²) in [5.41, 5.74) is 0.341. The topological polar surface area (TPSA) is 55.8 Å². The smallest absolute Gasteiger partial charge is 0.316 e. The summed E-state index contributed by atoms with van der Waals surface area (Å²) in [6.07, 6.45) is 3.78. The molecule has 1 aromatic rings. The largest absolute Gasteiger partial charge is 0.497 e. The number of rotatable bonds is 6. The van der Waals surface area contributed by atoms with Crippen molar-refractivity contribution in [2.24, 2.45) is 0 Å². The van der Waals surface area contributed by atoms with Crippen molar-refractivity contribution < 1.29 is 19.1 Å². The number of amides is 1. The van der Waals surface area contributed by atoms with Gasteiger partial charge >= 0.3 is 5.97 Å². The second kappa shape index (κ2) is 7.49. The Morgan fingerprint density at radius 2 is 1.91 bits per heavy atom. The monoisotopic (exact) mass is 319 g/mol. The first-order chi connectivity index (χ1) is 11.0. The molecule has 1 saturated carbocycles. The van der Waals surface area contributed by atoms with E-state index >= 15 is 0 Å². The molecule has 0 atom stereocenters. The van der Waals surface area contributed by atoms with Crippen molar-refractivity contribution >= 4 is 11.9 Å². The Morgan fingerprint density at radius 3 is 2.52 bits per heavy atom. The number of ether oxygens (including phenoxy) is 2. The highest BCUT2D eigenvalue weighted by molar-refractivity contribution is 5.84. The normalized spacial score (nSPS) is 16.0. The zero-order valence-electron chi connectivity index (χ0n) is 14.1. The SMILES string of the molecule is COc1cccc(C2(C(=O)OCCC(=O)N(C)C)CCCC2)c1. The van der Waals surface area contributed by atoms with Crippen LogP contribution in [-0.4, -0.2) is 44.6 Å². The van der Waals surface area contributed by atoms with Crippen LogP contribution in [0.1, 0.15) is 37.7 Å². The Bertz CT molecular complexity index is 562. The van der Waals surface area contributed by atoms with Crippen LogP contribution in [0.15, 0.2) is 24.3 Å². The van der Waals surface area contributed by atoms with E-state index in [1.54, 1.807) is 21.2 Å². The Hall–Kier alpha value is -2.04. The number of nitrogens with zero attached hydrogens (tertiary/aromatic N) is 1. The van der Waals surface area contributed by atoms with Gasteiger partial charge in [-0.2, -0.15) is 0 Å². The molecule has 0 N–H and O–H groups in total. The van der Waals surface area contributed by atoms with Gasteiger partial charge in [0.15, 0.2) is 0 Å². The molecule has 2 rings (SSSR count). The molecular formula is C18H25NO4. The van der Waals surface area contributed by atoms with Crippen LogP contribution in [0.25, 0.3) is 0 Å². The predicted molar refractivity (Wildman–Crippen MR) is 87.4 cm³/mol. The summed E-state index contributed by atoms with van der Waals surface area (Å²) in [7, 11) is 5.00. The fourth-order valence-electron chi connectivity index (χ4n) is 3.10. The van der Waals surface area contributed by atoms with E-state index in [4.69, 9.17) is 9.47 Å². The molecule has 0 aromatic heterocycles. The average Bonchev–Trinajstić information content (AvgIpc) is 3.05. The van der Waals surface area contributed by atoms with Gasteiger partial charge in [-0.1, -0.05) is 25.0 Å². The molecule has 126 valence electrons. The minimum absolute atomic E-state index is 0.0420. The number of carbonyl (C=O) groups is 2. The second-order valence-electron chi connectivity index (χ2n) is 6.20. The molecule has 0 heterocycles. The van der Waals surface area contributed by atoms with Gasteiger partial charge in [-0.3, -0.25) is 9.59 Å². The van der Waals surface area contributed by atoms with Crippen LogP contribution >= 0.6 is 0 Å². The van der Waals surface area contributed by atoms with Crippen LogP contribution in [-0.2, 0) is 19.7 Å². The lowest BCUT2D eigenvalue weighted by atomic mass is 9.79. The molecular weight excluding hydrogens is 294 g/mol. The minimum atomic E-state index is -0.601. The van der Waals surface area contributed by atoms with Gasteiger partial charge in [-0.05, 0) is 30.5 Å². The maximum absolute atomic E-state index is 12.7. The van der Waals surface area contributed by atoms with E-state index in [0.29, 0.717) is 0 Å². The zero-order valence-corrected chi connectivity index (χ0v) is 14.1. The number of hydrogen-bond donors (Lipinski definition) is 0. The van der Waals surface area contributed by atoms with Crippen molar-refractivity contribution in [3.05, 3.63) is 29.8 Å². The van der Waals surface area contributed by atoms with Crippen LogP contribution < -0.4 is 4.74 Å². The third-order valence-electron chi connectivity index (χ3n) is 4.52. The molecule has 0 radical (unpaired) electrons. The highest BCUT2D eigenvalue weighted by Crippen LogP contribution is 2.43. The lowest BCUT2D eigenvalue weighted by molar-refractivity contribution is -0.151. The van der Waals surface area contributed by atoms with Crippen molar-refractivity contribution in [2.45, 2.75) is 37.5 Å². The Labute approximate surface area is 137 Å². The summed E-state index contributed by atoms with van der Waals surface area (Å²) < 4.78 is 10.7. The molecule has 1 aromatic carbocycles. The number of methoxy groups -OCH3 is 1. The molecule has 5 heteroatoms. The van der Waals surface area contributed by atoms with E-state index in [9.17, 15) is 9.59 Å². The van der Waals surface area contributed by atoms with Crippen LogP contribution in [0.5, 0.6) is 5.75 Å². The van der Waals surface area contributed by atoms with E-state index in [-0.39, 0.29) is 24.9 Å². The number of carbonyl (C=O) groups excluding carboxylic acids is 2. The fourth-order valence-corrected chi connectivity index (χ4v) is 3.10. The summed E-state index contributed by atoms with van der Waals surface area (Å²) in [6.45, 7) is 0.127. The molecule has 0 aliphatic heterocycles.